The molecule has 3 aromatic rings. The molecule has 2 aromatic heterocycles. The van der Waals surface area contributed by atoms with Crippen LogP contribution in [0.1, 0.15) is 44.3 Å². The van der Waals surface area contributed by atoms with Gasteiger partial charge in [0.15, 0.2) is 0 Å². The van der Waals surface area contributed by atoms with Crippen molar-refractivity contribution in [3.63, 3.8) is 0 Å². The second-order valence-electron chi connectivity index (χ2n) is 6.03. The zero-order chi connectivity index (χ0) is 17.8. The van der Waals surface area contributed by atoms with E-state index in [9.17, 15) is 4.79 Å². The van der Waals surface area contributed by atoms with E-state index in [1.54, 1.807) is 22.4 Å². The minimum Gasteiger partial charge on any atom is -0.328 e. The van der Waals surface area contributed by atoms with E-state index in [-0.39, 0.29) is 11.9 Å². The third kappa shape index (κ3) is 3.64. The third-order valence-corrected chi connectivity index (χ3v) is 5.48. The lowest BCUT2D eigenvalue weighted by molar-refractivity contribution is 0.0757. The van der Waals surface area contributed by atoms with E-state index in [0.717, 1.165) is 22.6 Å². The molecule has 0 aliphatic rings. The minimum absolute atomic E-state index is 0.0345. The Labute approximate surface area is 153 Å². The molecular formula is C21H22N2OS. The van der Waals surface area contributed by atoms with Crippen LogP contribution in [-0.2, 0) is 6.42 Å². The van der Waals surface area contributed by atoms with E-state index in [0.29, 0.717) is 0 Å². The van der Waals surface area contributed by atoms with E-state index >= 15 is 0 Å². The molecule has 25 heavy (non-hydrogen) atoms. The van der Waals surface area contributed by atoms with Gasteiger partial charge in [0.05, 0.1) is 16.6 Å². The third-order valence-electron chi connectivity index (χ3n) is 4.40. The molecule has 0 saturated heterocycles. The number of carbonyl (C=O) groups excluding carboxylic acids is 1. The first-order valence-electron chi connectivity index (χ1n) is 8.44. The molecule has 1 atom stereocenters. The van der Waals surface area contributed by atoms with Gasteiger partial charge >= 0.3 is 0 Å². The lowest BCUT2D eigenvalue weighted by atomic mass is 10.0. The summed E-state index contributed by atoms with van der Waals surface area (Å²) < 4.78 is 0. The number of hydrogen-bond donors (Lipinski definition) is 0. The highest BCUT2D eigenvalue weighted by Gasteiger charge is 2.26. The fourth-order valence-electron chi connectivity index (χ4n) is 3.03. The van der Waals surface area contributed by atoms with Gasteiger partial charge in [-0.2, -0.15) is 0 Å². The first-order valence-corrected chi connectivity index (χ1v) is 9.25. The van der Waals surface area contributed by atoms with Gasteiger partial charge in [-0.05, 0) is 42.7 Å². The number of amides is 1. The molecule has 1 amide bonds. The van der Waals surface area contributed by atoms with E-state index in [1.807, 2.05) is 61.6 Å². The van der Waals surface area contributed by atoms with Gasteiger partial charge in [-0.15, -0.1) is 11.3 Å². The van der Waals surface area contributed by atoms with Crippen LogP contribution in [0.2, 0.25) is 0 Å². The van der Waals surface area contributed by atoms with Crippen molar-refractivity contribution in [2.45, 2.75) is 26.3 Å². The fraction of sp³-hybridized carbons (Fsp3) is 0.238. The fourth-order valence-corrected chi connectivity index (χ4v) is 4.13. The number of aromatic nitrogens is 1. The van der Waals surface area contributed by atoms with Crippen molar-refractivity contribution >= 4 is 17.2 Å². The van der Waals surface area contributed by atoms with Crippen molar-refractivity contribution in [1.29, 1.82) is 0 Å². The van der Waals surface area contributed by atoms with Crippen molar-refractivity contribution in [3.05, 3.63) is 87.4 Å². The second-order valence-corrected chi connectivity index (χ2v) is 7.29. The molecule has 0 radical (unpaired) electrons. The van der Waals surface area contributed by atoms with Crippen LogP contribution in [0.4, 0.5) is 0 Å². The van der Waals surface area contributed by atoms with Crippen molar-refractivity contribution in [2.24, 2.45) is 0 Å². The summed E-state index contributed by atoms with van der Waals surface area (Å²) in [5, 5.41) is 0. The van der Waals surface area contributed by atoms with Gasteiger partial charge in [-0.25, -0.2) is 0 Å². The highest BCUT2D eigenvalue weighted by atomic mass is 32.1. The number of hydrogen-bond acceptors (Lipinski definition) is 3. The summed E-state index contributed by atoms with van der Waals surface area (Å²) in [6.45, 7) is 4.20. The Kier molecular flexibility index (Phi) is 5.29. The number of thiophene rings is 1. The summed E-state index contributed by atoms with van der Waals surface area (Å²) in [4.78, 5) is 21.4. The highest BCUT2D eigenvalue weighted by molar-refractivity contribution is 7.14. The predicted octanol–water partition coefficient (Wildman–Crippen LogP) is 4.88. The van der Waals surface area contributed by atoms with Crippen LogP contribution >= 0.6 is 11.3 Å². The number of nitrogens with zero attached hydrogens (tertiary/aromatic N) is 2. The van der Waals surface area contributed by atoms with Crippen LogP contribution in [0.25, 0.3) is 0 Å². The topological polar surface area (TPSA) is 33.2 Å². The van der Waals surface area contributed by atoms with Gasteiger partial charge in [0.25, 0.3) is 5.91 Å². The first-order chi connectivity index (χ1) is 12.1. The summed E-state index contributed by atoms with van der Waals surface area (Å²) in [5.74, 6) is 0.0345. The smallest absolute Gasteiger partial charge is 0.264 e. The van der Waals surface area contributed by atoms with E-state index in [2.05, 4.69) is 18.8 Å². The Hall–Kier alpha value is -2.46. The molecule has 0 aliphatic heterocycles. The van der Waals surface area contributed by atoms with E-state index < -0.39 is 0 Å². The predicted molar refractivity (Wildman–Crippen MR) is 103 cm³/mol. The summed E-state index contributed by atoms with van der Waals surface area (Å²) in [6.07, 6.45) is 2.72. The average molecular weight is 350 g/mol. The van der Waals surface area contributed by atoms with Gasteiger partial charge < -0.3 is 4.90 Å². The summed E-state index contributed by atoms with van der Waals surface area (Å²) in [7, 11) is 1.86. The van der Waals surface area contributed by atoms with Crippen molar-refractivity contribution in [1.82, 2.24) is 9.88 Å². The number of rotatable bonds is 5. The molecule has 0 spiro atoms. The molecule has 128 valence electrons. The Morgan fingerprint density at radius 2 is 1.88 bits per heavy atom. The maximum Gasteiger partial charge on any atom is 0.264 e. The van der Waals surface area contributed by atoms with Gasteiger partial charge in [-0.1, -0.05) is 43.3 Å². The van der Waals surface area contributed by atoms with Crippen LogP contribution in [-0.4, -0.2) is 22.8 Å². The maximum absolute atomic E-state index is 13.1. The summed E-state index contributed by atoms with van der Waals surface area (Å²) in [6, 6.07) is 17.7. The zero-order valence-electron chi connectivity index (χ0n) is 14.8. The van der Waals surface area contributed by atoms with Gasteiger partial charge in [-0.3, -0.25) is 9.78 Å². The quantitative estimate of drug-likeness (QED) is 0.657. The zero-order valence-corrected chi connectivity index (χ0v) is 15.6. The molecule has 1 unspecified atom stereocenters. The normalized spacial score (nSPS) is 12.0. The van der Waals surface area contributed by atoms with Crippen LogP contribution < -0.4 is 0 Å². The van der Waals surface area contributed by atoms with Crippen LogP contribution in [0.5, 0.6) is 0 Å². The van der Waals surface area contributed by atoms with Crippen LogP contribution in [0, 0.1) is 6.92 Å². The number of carbonyl (C=O) groups is 1. The Bertz CT molecular complexity index is 803. The van der Waals surface area contributed by atoms with Crippen molar-refractivity contribution in [3.8, 4) is 0 Å². The molecule has 3 rings (SSSR count). The number of benzene rings is 1. The lowest BCUT2D eigenvalue weighted by Crippen LogP contribution is -2.32. The lowest BCUT2D eigenvalue weighted by Gasteiger charge is -2.28. The molecular weight excluding hydrogens is 328 g/mol. The van der Waals surface area contributed by atoms with Gasteiger partial charge in [0.2, 0.25) is 0 Å². The Morgan fingerprint density at radius 1 is 1.16 bits per heavy atom. The molecule has 0 bridgehead atoms. The standard InChI is InChI=1S/C21H22N2OS/c1-4-16-14-19(25-15(16)2)21(24)23(3)20(17-10-6-5-7-11-17)18-12-8-9-13-22-18/h5-14,20H,4H2,1-3H3. The van der Waals surface area contributed by atoms with Crippen molar-refractivity contribution < 1.29 is 4.79 Å². The average Bonchev–Trinajstić information content (AvgIpc) is 3.04. The second kappa shape index (κ2) is 7.62. The largest absolute Gasteiger partial charge is 0.328 e. The maximum atomic E-state index is 13.1. The van der Waals surface area contributed by atoms with Gasteiger partial charge in [0.1, 0.15) is 0 Å². The van der Waals surface area contributed by atoms with Crippen molar-refractivity contribution in [2.75, 3.05) is 7.05 Å². The monoisotopic (exact) mass is 350 g/mol. The SMILES string of the molecule is CCc1cc(C(=O)N(C)C(c2ccccc2)c2ccccn2)sc1C. The highest BCUT2D eigenvalue weighted by Crippen LogP contribution is 2.30. The first kappa shape index (κ1) is 17.4. The molecule has 4 heteroatoms. The van der Waals surface area contributed by atoms with Crippen LogP contribution in [0.3, 0.4) is 0 Å². The Balaban J connectivity index is 1.99. The number of pyridine rings is 1. The van der Waals surface area contributed by atoms with Crippen LogP contribution in [0.15, 0.2) is 60.8 Å². The minimum atomic E-state index is -0.206. The molecule has 0 aliphatic carbocycles. The molecule has 0 fully saturated rings. The molecule has 0 N–H and O–H groups in total. The summed E-state index contributed by atoms with van der Waals surface area (Å²) >= 11 is 1.57. The molecule has 2 heterocycles. The van der Waals surface area contributed by atoms with Gasteiger partial charge in [0, 0.05) is 18.1 Å². The molecule has 1 aromatic carbocycles. The molecule has 3 nitrogen and oxygen atoms in total. The van der Waals surface area contributed by atoms with E-state index in [4.69, 9.17) is 0 Å². The number of aryl methyl sites for hydroxylation is 2. The Morgan fingerprint density at radius 3 is 2.48 bits per heavy atom. The summed E-state index contributed by atoms with van der Waals surface area (Å²) in [5.41, 5.74) is 3.17. The van der Waals surface area contributed by atoms with E-state index in [1.165, 1.54) is 10.4 Å². The molecule has 0 saturated carbocycles.